The molecule has 1 aliphatic carbocycles. The number of hydrogen-bond donors (Lipinski definition) is 2. The Morgan fingerprint density at radius 2 is 1.54 bits per heavy atom. The number of benzene rings is 3. The molecule has 0 aliphatic heterocycles. The molecule has 4 rings (SSSR count). The lowest BCUT2D eigenvalue weighted by molar-refractivity contribution is -0.138. The third kappa shape index (κ3) is 3.62. The first kappa shape index (κ1) is 16.4. The highest BCUT2D eigenvalue weighted by Gasteiger charge is 2.43. The summed E-state index contributed by atoms with van der Waals surface area (Å²) >= 11 is 0. The molecule has 2 N–H and O–H groups in total. The molecule has 0 spiro atoms. The van der Waals surface area contributed by atoms with Crippen molar-refractivity contribution >= 4 is 11.7 Å². The molecule has 1 aliphatic rings. The number of nitrogens with one attached hydrogen (secondary N) is 1. The van der Waals surface area contributed by atoms with Crippen LogP contribution in [0, 0.1) is 5.92 Å². The Bertz CT molecular complexity index is 886. The minimum Gasteiger partial charge on any atom is -0.481 e. The minimum absolute atomic E-state index is 0.187. The van der Waals surface area contributed by atoms with Crippen LogP contribution in [0.1, 0.15) is 23.5 Å². The topological polar surface area (TPSA) is 49.3 Å². The van der Waals surface area contributed by atoms with Crippen molar-refractivity contribution < 1.29 is 9.90 Å². The molecule has 3 aromatic carbocycles. The third-order valence-electron chi connectivity index (χ3n) is 5.00. The van der Waals surface area contributed by atoms with E-state index in [1.165, 1.54) is 16.7 Å². The molecule has 0 radical (unpaired) electrons. The van der Waals surface area contributed by atoms with Gasteiger partial charge in [-0.05, 0) is 46.7 Å². The van der Waals surface area contributed by atoms with Crippen LogP contribution in [-0.2, 0) is 11.3 Å². The molecule has 0 heterocycles. The molecule has 1 fully saturated rings. The van der Waals surface area contributed by atoms with E-state index in [0.29, 0.717) is 0 Å². The van der Waals surface area contributed by atoms with E-state index < -0.39 is 5.97 Å². The maximum Gasteiger partial charge on any atom is 0.307 e. The van der Waals surface area contributed by atoms with Crippen molar-refractivity contribution in [3.8, 4) is 11.1 Å². The van der Waals surface area contributed by atoms with Crippen LogP contribution in [-0.4, -0.2) is 11.1 Å². The summed E-state index contributed by atoms with van der Waals surface area (Å²) < 4.78 is 0. The number of hydrogen-bond acceptors (Lipinski definition) is 2. The smallest absolute Gasteiger partial charge is 0.307 e. The molecule has 26 heavy (non-hydrogen) atoms. The zero-order valence-corrected chi connectivity index (χ0v) is 14.4. The van der Waals surface area contributed by atoms with Gasteiger partial charge in [0.2, 0.25) is 0 Å². The minimum atomic E-state index is -0.684. The van der Waals surface area contributed by atoms with E-state index in [2.05, 4.69) is 53.8 Å². The fourth-order valence-electron chi connectivity index (χ4n) is 3.33. The Morgan fingerprint density at radius 3 is 2.15 bits per heavy atom. The molecule has 1 saturated carbocycles. The molecule has 3 aromatic rings. The van der Waals surface area contributed by atoms with Crippen LogP contribution in [0.25, 0.3) is 11.1 Å². The van der Waals surface area contributed by atoms with E-state index >= 15 is 0 Å². The molecule has 2 unspecified atom stereocenters. The number of carboxylic acids is 1. The van der Waals surface area contributed by atoms with E-state index in [0.717, 1.165) is 24.2 Å². The fourth-order valence-corrected chi connectivity index (χ4v) is 3.33. The highest BCUT2D eigenvalue weighted by molar-refractivity contribution is 5.75. The van der Waals surface area contributed by atoms with Crippen LogP contribution >= 0.6 is 0 Å². The van der Waals surface area contributed by atoms with Crippen molar-refractivity contribution in [2.45, 2.75) is 18.9 Å². The first-order valence-corrected chi connectivity index (χ1v) is 8.92. The van der Waals surface area contributed by atoms with Crippen LogP contribution in [0.3, 0.4) is 0 Å². The second-order valence-corrected chi connectivity index (χ2v) is 6.83. The number of carboxylic acid groups (broad SMARTS) is 1. The quantitative estimate of drug-likeness (QED) is 0.650. The average molecular weight is 343 g/mol. The lowest BCUT2D eigenvalue weighted by atomic mass is 10.0. The summed E-state index contributed by atoms with van der Waals surface area (Å²) in [5, 5.41) is 12.5. The second-order valence-electron chi connectivity index (χ2n) is 6.83. The summed E-state index contributed by atoms with van der Waals surface area (Å²) in [5.41, 5.74) is 5.84. The van der Waals surface area contributed by atoms with Gasteiger partial charge in [-0.1, -0.05) is 66.7 Å². The van der Waals surface area contributed by atoms with Crippen molar-refractivity contribution in [3.05, 3.63) is 90.0 Å². The third-order valence-corrected chi connectivity index (χ3v) is 5.00. The zero-order chi connectivity index (χ0) is 17.9. The highest BCUT2D eigenvalue weighted by atomic mass is 16.4. The van der Waals surface area contributed by atoms with Crippen LogP contribution in [0.2, 0.25) is 0 Å². The molecule has 0 amide bonds. The number of rotatable bonds is 6. The number of anilines is 1. The predicted molar refractivity (Wildman–Crippen MR) is 104 cm³/mol. The summed E-state index contributed by atoms with van der Waals surface area (Å²) in [6.07, 6.45) is 0.760. The van der Waals surface area contributed by atoms with Gasteiger partial charge in [-0.2, -0.15) is 0 Å². The maximum absolute atomic E-state index is 11.0. The second kappa shape index (κ2) is 7.04. The Hall–Kier alpha value is -3.07. The largest absolute Gasteiger partial charge is 0.481 e. The summed E-state index contributed by atoms with van der Waals surface area (Å²) in [7, 11) is 0. The summed E-state index contributed by atoms with van der Waals surface area (Å²) in [6, 6.07) is 27.1. The van der Waals surface area contributed by atoms with Gasteiger partial charge in [-0.15, -0.1) is 0 Å². The Labute approximate surface area is 153 Å². The van der Waals surface area contributed by atoms with Crippen LogP contribution in [0.4, 0.5) is 5.69 Å². The van der Waals surface area contributed by atoms with Gasteiger partial charge in [-0.3, -0.25) is 4.79 Å². The molecule has 2 atom stereocenters. The monoisotopic (exact) mass is 343 g/mol. The van der Waals surface area contributed by atoms with E-state index in [4.69, 9.17) is 5.11 Å². The zero-order valence-electron chi connectivity index (χ0n) is 14.4. The highest BCUT2D eigenvalue weighted by Crippen LogP contribution is 2.47. The number of aliphatic carboxylic acids is 1. The SMILES string of the molecule is O=C(O)C1CC1c1ccc(NCc2ccc(-c3ccccc3)cc2)cc1. The van der Waals surface area contributed by atoms with E-state index in [1.807, 2.05) is 30.3 Å². The van der Waals surface area contributed by atoms with Crippen LogP contribution in [0.5, 0.6) is 0 Å². The summed E-state index contributed by atoms with van der Waals surface area (Å²) in [5.74, 6) is -0.694. The van der Waals surface area contributed by atoms with Gasteiger partial charge in [0.15, 0.2) is 0 Å². The fraction of sp³-hybridized carbons (Fsp3) is 0.174. The molecular weight excluding hydrogens is 322 g/mol. The normalized spacial score (nSPS) is 18.3. The number of carbonyl (C=O) groups is 1. The molecule has 130 valence electrons. The van der Waals surface area contributed by atoms with Crippen molar-refractivity contribution in [2.24, 2.45) is 5.92 Å². The molecule has 3 heteroatoms. The Kier molecular flexibility index (Phi) is 4.44. The lowest BCUT2D eigenvalue weighted by Crippen LogP contribution is -2.00. The van der Waals surface area contributed by atoms with Crippen molar-refractivity contribution in [1.29, 1.82) is 0 Å². The molecule has 0 bridgehead atoms. The lowest BCUT2D eigenvalue weighted by Gasteiger charge is -2.09. The maximum atomic E-state index is 11.0. The predicted octanol–water partition coefficient (Wildman–Crippen LogP) is 5.15. The van der Waals surface area contributed by atoms with Gasteiger partial charge in [0, 0.05) is 12.2 Å². The van der Waals surface area contributed by atoms with Crippen molar-refractivity contribution in [1.82, 2.24) is 0 Å². The molecule has 0 aromatic heterocycles. The van der Waals surface area contributed by atoms with Crippen molar-refractivity contribution in [2.75, 3.05) is 5.32 Å². The molecular formula is C23H21NO2. The van der Waals surface area contributed by atoms with Gasteiger partial charge in [-0.25, -0.2) is 0 Å². The molecule has 3 nitrogen and oxygen atoms in total. The van der Waals surface area contributed by atoms with Gasteiger partial charge >= 0.3 is 5.97 Å². The van der Waals surface area contributed by atoms with Crippen LogP contribution < -0.4 is 5.32 Å². The first-order valence-electron chi connectivity index (χ1n) is 8.92. The summed E-state index contributed by atoms with van der Waals surface area (Å²) in [6.45, 7) is 0.760. The molecule has 0 saturated heterocycles. The van der Waals surface area contributed by atoms with Crippen molar-refractivity contribution in [3.63, 3.8) is 0 Å². The Morgan fingerprint density at radius 1 is 0.885 bits per heavy atom. The van der Waals surface area contributed by atoms with E-state index in [1.54, 1.807) is 0 Å². The van der Waals surface area contributed by atoms with Gasteiger partial charge < -0.3 is 10.4 Å². The summed E-state index contributed by atoms with van der Waals surface area (Å²) in [4.78, 5) is 11.0. The average Bonchev–Trinajstić information content (AvgIpc) is 3.49. The van der Waals surface area contributed by atoms with E-state index in [-0.39, 0.29) is 11.8 Å². The van der Waals surface area contributed by atoms with Gasteiger partial charge in [0.1, 0.15) is 0 Å². The Balaban J connectivity index is 1.35. The van der Waals surface area contributed by atoms with Crippen LogP contribution in [0.15, 0.2) is 78.9 Å². The van der Waals surface area contributed by atoms with Gasteiger partial charge in [0.25, 0.3) is 0 Å². The van der Waals surface area contributed by atoms with Gasteiger partial charge in [0.05, 0.1) is 5.92 Å². The standard InChI is InChI=1S/C23H21NO2/c25-23(26)22-14-21(22)19-10-12-20(13-11-19)24-15-16-6-8-18(9-7-16)17-4-2-1-3-5-17/h1-13,21-22,24H,14-15H2,(H,25,26). The first-order chi connectivity index (χ1) is 12.7. The van der Waals surface area contributed by atoms with E-state index in [9.17, 15) is 4.79 Å².